The zero-order valence-corrected chi connectivity index (χ0v) is 6.72. The minimum Gasteiger partial charge on any atom is -0.387 e. The number of hydrogen-bond donors (Lipinski definition) is 2. The average Bonchev–Trinajstić information content (AvgIpc) is 1.87. The molecule has 0 spiro atoms. The van der Waals surface area contributed by atoms with Gasteiger partial charge in [0, 0.05) is 6.04 Å². The van der Waals surface area contributed by atoms with Gasteiger partial charge in [-0.3, -0.25) is 4.79 Å². The number of carbonyl (C=O) groups excluding carboxylic acids is 1. The van der Waals surface area contributed by atoms with Crippen molar-refractivity contribution in [2.24, 2.45) is 5.92 Å². The average molecular weight is 145 g/mol. The Kier molecular flexibility index (Phi) is 4.03. The summed E-state index contributed by atoms with van der Waals surface area (Å²) in [5.41, 5.74) is 0. The van der Waals surface area contributed by atoms with Gasteiger partial charge in [0.25, 0.3) is 0 Å². The summed E-state index contributed by atoms with van der Waals surface area (Å²) in [5, 5.41) is 11.0. The number of carbonyl (C=O) groups is 1. The lowest BCUT2D eigenvalue weighted by Gasteiger charge is -2.16. The van der Waals surface area contributed by atoms with Gasteiger partial charge in [0.1, 0.15) is 6.61 Å². The molecule has 2 N–H and O–H groups in total. The van der Waals surface area contributed by atoms with Gasteiger partial charge in [0.05, 0.1) is 0 Å². The highest BCUT2D eigenvalue weighted by atomic mass is 16.3. The molecule has 0 saturated carbocycles. The molecule has 1 atom stereocenters. The molecule has 0 bridgehead atoms. The van der Waals surface area contributed by atoms with E-state index in [0.717, 1.165) is 0 Å². The Morgan fingerprint density at radius 3 is 2.30 bits per heavy atom. The molecule has 10 heavy (non-hydrogen) atoms. The first-order valence-electron chi connectivity index (χ1n) is 3.48. The second kappa shape index (κ2) is 4.28. The highest BCUT2D eigenvalue weighted by Crippen LogP contribution is 1.98. The van der Waals surface area contributed by atoms with Gasteiger partial charge in [-0.2, -0.15) is 0 Å². The van der Waals surface area contributed by atoms with Crippen molar-refractivity contribution in [2.45, 2.75) is 26.8 Å². The monoisotopic (exact) mass is 145 g/mol. The maximum absolute atomic E-state index is 10.6. The molecule has 0 unspecified atom stereocenters. The number of aliphatic hydroxyl groups is 1. The zero-order chi connectivity index (χ0) is 8.15. The van der Waals surface area contributed by atoms with Crippen molar-refractivity contribution in [2.75, 3.05) is 6.61 Å². The van der Waals surface area contributed by atoms with Crippen molar-refractivity contribution in [3.8, 4) is 0 Å². The first-order chi connectivity index (χ1) is 4.57. The quantitative estimate of drug-likeness (QED) is 0.593. The Morgan fingerprint density at radius 1 is 1.50 bits per heavy atom. The Labute approximate surface area is 61.4 Å². The van der Waals surface area contributed by atoms with Crippen molar-refractivity contribution in [3.05, 3.63) is 0 Å². The van der Waals surface area contributed by atoms with Crippen molar-refractivity contribution < 1.29 is 9.90 Å². The molecule has 0 aromatic rings. The summed E-state index contributed by atoms with van der Waals surface area (Å²) < 4.78 is 0. The van der Waals surface area contributed by atoms with E-state index in [1.807, 2.05) is 20.8 Å². The molecular weight excluding hydrogens is 130 g/mol. The summed E-state index contributed by atoms with van der Waals surface area (Å²) in [5.74, 6) is 0.108. The molecule has 0 aromatic carbocycles. The van der Waals surface area contributed by atoms with Crippen LogP contribution in [0.25, 0.3) is 0 Å². The summed E-state index contributed by atoms with van der Waals surface area (Å²) in [4.78, 5) is 10.6. The van der Waals surface area contributed by atoms with Gasteiger partial charge in [-0.25, -0.2) is 0 Å². The standard InChI is InChI=1S/C7H15NO2/c1-5(2)6(3)8-7(10)4-9/h5-6,9H,4H2,1-3H3,(H,8,10)/t6-/m1/s1. The van der Waals surface area contributed by atoms with Gasteiger partial charge in [-0.05, 0) is 12.8 Å². The van der Waals surface area contributed by atoms with Crippen molar-refractivity contribution in [1.82, 2.24) is 5.32 Å². The van der Waals surface area contributed by atoms with E-state index < -0.39 is 6.61 Å². The summed E-state index contributed by atoms with van der Waals surface area (Å²) in [6, 6.07) is 0.139. The van der Waals surface area contributed by atoms with E-state index in [2.05, 4.69) is 5.32 Å². The summed E-state index contributed by atoms with van der Waals surface area (Å²) in [6.45, 7) is 5.53. The molecule has 0 heterocycles. The first kappa shape index (κ1) is 9.43. The molecule has 0 aliphatic carbocycles. The van der Waals surface area contributed by atoms with E-state index in [1.165, 1.54) is 0 Å². The summed E-state index contributed by atoms with van der Waals surface area (Å²) in [6.07, 6.45) is 0. The van der Waals surface area contributed by atoms with Crippen LogP contribution in [-0.4, -0.2) is 23.7 Å². The minimum absolute atomic E-state index is 0.139. The van der Waals surface area contributed by atoms with Crippen molar-refractivity contribution >= 4 is 5.91 Å². The maximum Gasteiger partial charge on any atom is 0.245 e. The fraction of sp³-hybridized carbons (Fsp3) is 0.857. The van der Waals surface area contributed by atoms with Crippen LogP contribution in [0, 0.1) is 5.92 Å². The number of nitrogens with one attached hydrogen (secondary N) is 1. The maximum atomic E-state index is 10.6. The normalized spacial score (nSPS) is 13.3. The molecule has 3 nitrogen and oxygen atoms in total. The third kappa shape index (κ3) is 3.45. The molecule has 0 rings (SSSR count). The molecular formula is C7H15NO2. The van der Waals surface area contributed by atoms with E-state index in [1.54, 1.807) is 0 Å². The van der Waals surface area contributed by atoms with Gasteiger partial charge in [0.2, 0.25) is 5.91 Å². The Morgan fingerprint density at radius 2 is 2.00 bits per heavy atom. The molecule has 1 amide bonds. The van der Waals surface area contributed by atoms with Crippen LogP contribution in [0.3, 0.4) is 0 Å². The third-order valence-corrected chi connectivity index (χ3v) is 1.53. The Balaban J connectivity index is 3.57. The van der Waals surface area contributed by atoms with E-state index in [-0.39, 0.29) is 11.9 Å². The van der Waals surface area contributed by atoms with Crippen LogP contribution >= 0.6 is 0 Å². The lowest BCUT2D eigenvalue weighted by atomic mass is 10.1. The number of aliphatic hydroxyl groups excluding tert-OH is 1. The van der Waals surface area contributed by atoms with Gasteiger partial charge >= 0.3 is 0 Å². The van der Waals surface area contributed by atoms with Crippen LogP contribution in [0.2, 0.25) is 0 Å². The lowest BCUT2D eigenvalue weighted by molar-refractivity contribution is -0.124. The number of amides is 1. The summed E-state index contributed by atoms with van der Waals surface area (Å²) in [7, 11) is 0. The molecule has 0 aromatic heterocycles. The molecule has 0 saturated heterocycles. The van der Waals surface area contributed by atoms with E-state index in [9.17, 15) is 4.79 Å². The predicted molar refractivity (Wildman–Crippen MR) is 39.5 cm³/mol. The molecule has 0 radical (unpaired) electrons. The van der Waals surface area contributed by atoms with E-state index in [0.29, 0.717) is 5.92 Å². The molecule has 0 aliphatic rings. The van der Waals surface area contributed by atoms with Gasteiger partial charge < -0.3 is 10.4 Å². The molecule has 60 valence electrons. The van der Waals surface area contributed by atoms with E-state index >= 15 is 0 Å². The largest absolute Gasteiger partial charge is 0.387 e. The van der Waals surface area contributed by atoms with Crippen LogP contribution in [0.4, 0.5) is 0 Å². The SMILES string of the molecule is CC(C)[C@@H](C)NC(=O)CO. The third-order valence-electron chi connectivity index (χ3n) is 1.53. The Hall–Kier alpha value is -0.570. The lowest BCUT2D eigenvalue weighted by Crippen LogP contribution is -2.37. The van der Waals surface area contributed by atoms with Crippen LogP contribution in [0.1, 0.15) is 20.8 Å². The number of hydrogen-bond acceptors (Lipinski definition) is 2. The van der Waals surface area contributed by atoms with Crippen LogP contribution < -0.4 is 5.32 Å². The van der Waals surface area contributed by atoms with Gasteiger partial charge in [-0.15, -0.1) is 0 Å². The second-order valence-corrected chi connectivity index (χ2v) is 2.76. The van der Waals surface area contributed by atoms with Crippen molar-refractivity contribution in [1.29, 1.82) is 0 Å². The smallest absolute Gasteiger partial charge is 0.245 e. The van der Waals surface area contributed by atoms with Gasteiger partial charge in [0.15, 0.2) is 0 Å². The highest BCUT2D eigenvalue weighted by molar-refractivity contribution is 5.77. The first-order valence-corrected chi connectivity index (χ1v) is 3.48. The molecule has 0 fully saturated rings. The minimum atomic E-state index is -0.420. The van der Waals surface area contributed by atoms with Crippen molar-refractivity contribution in [3.63, 3.8) is 0 Å². The van der Waals surface area contributed by atoms with Crippen LogP contribution in [0.5, 0.6) is 0 Å². The predicted octanol–water partition coefficient (Wildman–Crippen LogP) is 0.139. The van der Waals surface area contributed by atoms with Gasteiger partial charge in [-0.1, -0.05) is 13.8 Å². The Bertz CT molecular complexity index is 112. The van der Waals surface area contributed by atoms with E-state index in [4.69, 9.17) is 5.11 Å². The van der Waals surface area contributed by atoms with Crippen LogP contribution in [0.15, 0.2) is 0 Å². The fourth-order valence-corrected chi connectivity index (χ4v) is 0.466. The summed E-state index contributed by atoms with van der Waals surface area (Å²) >= 11 is 0. The number of rotatable bonds is 3. The topological polar surface area (TPSA) is 49.3 Å². The fourth-order valence-electron chi connectivity index (χ4n) is 0.466. The second-order valence-electron chi connectivity index (χ2n) is 2.76. The highest BCUT2D eigenvalue weighted by Gasteiger charge is 2.08. The molecule has 0 aliphatic heterocycles. The molecule has 3 heteroatoms. The zero-order valence-electron chi connectivity index (χ0n) is 6.72. The van der Waals surface area contributed by atoms with Crippen LogP contribution in [-0.2, 0) is 4.79 Å².